The third-order valence-corrected chi connectivity index (χ3v) is 2.91. The fourth-order valence-corrected chi connectivity index (χ4v) is 2.10. The van der Waals surface area contributed by atoms with Crippen molar-refractivity contribution in [3.8, 4) is 0 Å². The lowest BCUT2D eigenvalue weighted by molar-refractivity contribution is 0.248. The first kappa shape index (κ1) is 9.68. The molecule has 0 radical (unpaired) electrons. The van der Waals surface area contributed by atoms with E-state index in [4.69, 9.17) is 5.73 Å². The molecule has 1 saturated heterocycles. The smallest absolute Gasteiger partial charge is 0.0669 e. The molecule has 1 aliphatic rings. The molecule has 78 valence electrons. The largest absolute Gasteiger partial charge is 0.325 e. The Bertz CT molecular complexity index is 294. The second-order valence-corrected chi connectivity index (χ2v) is 4.12. The zero-order valence-electron chi connectivity index (χ0n) is 8.66. The van der Waals surface area contributed by atoms with Gasteiger partial charge in [0.15, 0.2) is 0 Å². The van der Waals surface area contributed by atoms with E-state index in [0.717, 1.165) is 12.2 Å². The topological polar surface area (TPSA) is 57.9 Å². The highest BCUT2D eigenvalue weighted by Crippen LogP contribution is 2.24. The highest BCUT2D eigenvalue weighted by atomic mass is 15.1. The predicted octanol–water partition coefficient (Wildman–Crippen LogP) is 0.678. The summed E-state index contributed by atoms with van der Waals surface area (Å²) in [6, 6.07) is 2.10. The van der Waals surface area contributed by atoms with Gasteiger partial charge in [0.2, 0.25) is 0 Å². The van der Waals surface area contributed by atoms with Gasteiger partial charge in [0, 0.05) is 24.7 Å². The van der Waals surface area contributed by atoms with E-state index in [9.17, 15) is 0 Å². The molecule has 1 aromatic heterocycles. The van der Waals surface area contributed by atoms with Gasteiger partial charge in [0.1, 0.15) is 0 Å². The molecule has 0 saturated carbocycles. The summed E-state index contributed by atoms with van der Waals surface area (Å²) in [5.41, 5.74) is 7.75. The lowest BCUT2D eigenvalue weighted by atomic mass is 9.95. The van der Waals surface area contributed by atoms with Crippen molar-refractivity contribution >= 4 is 0 Å². The van der Waals surface area contributed by atoms with Gasteiger partial charge in [-0.15, -0.1) is 0 Å². The van der Waals surface area contributed by atoms with Crippen LogP contribution in [0.2, 0.25) is 0 Å². The van der Waals surface area contributed by atoms with Gasteiger partial charge in [-0.25, -0.2) is 0 Å². The molecule has 4 nitrogen and oxygen atoms in total. The van der Waals surface area contributed by atoms with Crippen LogP contribution in [0.3, 0.4) is 0 Å². The zero-order valence-corrected chi connectivity index (χ0v) is 8.66. The molecule has 0 amide bonds. The van der Waals surface area contributed by atoms with Crippen LogP contribution in [0.1, 0.15) is 30.1 Å². The molecule has 4 heteroatoms. The Hall–Kier alpha value is -0.870. The molecule has 1 unspecified atom stereocenters. The van der Waals surface area contributed by atoms with Crippen LogP contribution in [0, 0.1) is 0 Å². The number of aromatic nitrogens is 2. The molecule has 1 aromatic rings. The van der Waals surface area contributed by atoms with Crippen molar-refractivity contribution in [1.82, 2.24) is 15.1 Å². The van der Waals surface area contributed by atoms with Crippen LogP contribution in [-0.4, -0.2) is 35.2 Å². The molecular weight excluding hydrogens is 176 g/mol. The Morgan fingerprint density at radius 1 is 1.71 bits per heavy atom. The summed E-state index contributed by atoms with van der Waals surface area (Å²) in [5.74, 6) is 0.588. The number of aromatic amines is 1. The van der Waals surface area contributed by atoms with Crippen molar-refractivity contribution in [3.05, 3.63) is 17.5 Å². The van der Waals surface area contributed by atoms with Crippen LogP contribution in [-0.2, 0) is 6.54 Å². The standard InChI is InChI=1S/C10H18N4/c1-14-4-2-3-8(7-14)10-5-9(6-11)12-13-10/h5,8H,2-4,6-7,11H2,1H3,(H,12,13). The van der Waals surface area contributed by atoms with Gasteiger partial charge in [-0.2, -0.15) is 5.10 Å². The van der Waals surface area contributed by atoms with Crippen LogP contribution in [0.5, 0.6) is 0 Å². The molecule has 2 rings (SSSR count). The van der Waals surface area contributed by atoms with Crippen molar-refractivity contribution in [3.63, 3.8) is 0 Å². The van der Waals surface area contributed by atoms with Gasteiger partial charge in [-0.3, -0.25) is 5.10 Å². The van der Waals surface area contributed by atoms with Crippen LogP contribution >= 0.6 is 0 Å². The molecule has 3 N–H and O–H groups in total. The van der Waals surface area contributed by atoms with Crippen molar-refractivity contribution in [1.29, 1.82) is 0 Å². The van der Waals surface area contributed by atoms with Gasteiger partial charge in [-0.1, -0.05) is 0 Å². The lowest BCUT2D eigenvalue weighted by Crippen LogP contribution is -2.30. The number of nitrogens with one attached hydrogen (secondary N) is 1. The quantitative estimate of drug-likeness (QED) is 0.728. The van der Waals surface area contributed by atoms with Crippen molar-refractivity contribution in [2.45, 2.75) is 25.3 Å². The Balaban J connectivity index is 2.06. The minimum Gasteiger partial charge on any atom is -0.325 e. The summed E-state index contributed by atoms with van der Waals surface area (Å²) < 4.78 is 0. The van der Waals surface area contributed by atoms with Gasteiger partial charge in [0.05, 0.1) is 5.69 Å². The number of hydrogen-bond acceptors (Lipinski definition) is 3. The van der Waals surface area contributed by atoms with Gasteiger partial charge in [0.25, 0.3) is 0 Å². The molecule has 0 bridgehead atoms. The molecular formula is C10H18N4. The van der Waals surface area contributed by atoms with E-state index >= 15 is 0 Å². The summed E-state index contributed by atoms with van der Waals surface area (Å²) >= 11 is 0. The number of rotatable bonds is 2. The number of nitrogens with two attached hydrogens (primary N) is 1. The van der Waals surface area contributed by atoms with Crippen molar-refractivity contribution < 1.29 is 0 Å². The SMILES string of the molecule is CN1CCCC(c2cc(CN)[nH]n2)C1. The minimum atomic E-state index is 0.551. The first-order valence-corrected chi connectivity index (χ1v) is 5.22. The van der Waals surface area contributed by atoms with E-state index in [1.54, 1.807) is 0 Å². The molecule has 0 spiro atoms. The molecule has 1 atom stereocenters. The van der Waals surface area contributed by atoms with E-state index in [1.807, 2.05) is 0 Å². The fourth-order valence-electron chi connectivity index (χ4n) is 2.10. The van der Waals surface area contributed by atoms with Crippen molar-refractivity contribution in [2.75, 3.05) is 20.1 Å². The summed E-state index contributed by atoms with van der Waals surface area (Å²) in [6.07, 6.45) is 2.52. The summed E-state index contributed by atoms with van der Waals surface area (Å²) in [7, 11) is 2.17. The molecule has 0 aromatic carbocycles. The number of piperidine rings is 1. The molecule has 14 heavy (non-hydrogen) atoms. The Labute approximate surface area is 84.5 Å². The maximum atomic E-state index is 5.54. The average molecular weight is 194 g/mol. The average Bonchev–Trinajstić information content (AvgIpc) is 2.66. The number of likely N-dealkylation sites (N-methyl/N-ethyl adjacent to an activating group) is 1. The monoisotopic (exact) mass is 194 g/mol. The van der Waals surface area contributed by atoms with Crippen LogP contribution in [0.4, 0.5) is 0 Å². The second kappa shape index (κ2) is 4.11. The minimum absolute atomic E-state index is 0.551. The lowest BCUT2D eigenvalue weighted by Gasteiger charge is -2.28. The molecule has 0 aliphatic carbocycles. The summed E-state index contributed by atoms with van der Waals surface area (Å²) in [5, 5.41) is 7.29. The Morgan fingerprint density at radius 2 is 2.57 bits per heavy atom. The zero-order chi connectivity index (χ0) is 9.97. The molecule has 2 heterocycles. The maximum Gasteiger partial charge on any atom is 0.0669 e. The first-order valence-electron chi connectivity index (χ1n) is 5.22. The number of likely N-dealkylation sites (tertiary alicyclic amines) is 1. The van der Waals surface area contributed by atoms with Gasteiger partial charge < -0.3 is 10.6 Å². The Kier molecular flexibility index (Phi) is 2.84. The van der Waals surface area contributed by atoms with Crippen LogP contribution < -0.4 is 5.73 Å². The number of nitrogens with zero attached hydrogens (tertiary/aromatic N) is 2. The second-order valence-electron chi connectivity index (χ2n) is 4.12. The first-order chi connectivity index (χ1) is 6.79. The Morgan fingerprint density at radius 3 is 3.21 bits per heavy atom. The maximum absolute atomic E-state index is 5.54. The fraction of sp³-hybridized carbons (Fsp3) is 0.700. The van der Waals surface area contributed by atoms with Crippen LogP contribution in [0.25, 0.3) is 0 Å². The van der Waals surface area contributed by atoms with Gasteiger partial charge in [-0.05, 0) is 32.5 Å². The summed E-state index contributed by atoms with van der Waals surface area (Å²) in [6.45, 7) is 2.88. The van der Waals surface area contributed by atoms with E-state index in [1.165, 1.54) is 25.1 Å². The number of hydrogen-bond donors (Lipinski definition) is 2. The normalized spacial score (nSPS) is 24.0. The van der Waals surface area contributed by atoms with E-state index < -0.39 is 0 Å². The van der Waals surface area contributed by atoms with E-state index in [-0.39, 0.29) is 0 Å². The highest BCUT2D eigenvalue weighted by Gasteiger charge is 2.20. The third kappa shape index (κ3) is 1.96. The van der Waals surface area contributed by atoms with Crippen LogP contribution in [0.15, 0.2) is 6.07 Å². The molecule has 1 aliphatic heterocycles. The number of H-pyrrole nitrogens is 1. The third-order valence-electron chi connectivity index (χ3n) is 2.91. The predicted molar refractivity (Wildman–Crippen MR) is 56.0 cm³/mol. The van der Waals surface area contributed by atoms with E-state index in [0.29, 0.717) is 12.5 Å². The highest BCUT2D eigenvalue weighted by molar-refractivity contribution is 5.14. The summed E-state index contributed by atoms with van der Waals surface area (Å²) in [4.78, 5) is 2.37. The van der Waals surface area contributed by atoms with E-state index in [2.05, 4.69) is 28.2 Å². The van der Waals surface area contributed by atoms with Crippen molar-refractivity contribution in [2.24, 2.45) is 5.73 Å². The molecule has 1 fully saturated rings. The van der Waals surface area contributed by atoms with Gasteiger partial charge >= 0.3 is 0 Å².